The SMILES string of the molecule is COc1ccc(C(CNc2ncccc2C#N)N2CCCC2)cc1. The van der Waals surface area contributed by atoms with Gasteiger partial charge in [-0.15, -0.1) is 0 Å². The van der Waals surface area contributed by atoms with Crippen molar-refractivity contribution in [1.82, 2.24) is 9.88 Å². The molecule has 5 nitrogen and oxygen atoms in total. The van der Waals surface area contributed by atoms with E-state index in [9.17, 15) is 5.26 Å². The van der Waals surface area contributed by atoms with Gasteiger partial charge in [0.1, 0.15) is 17.6 Å². The maximum atomic E-state index is 9.22. The summed E-state index contributed by atoms with van der Waals surface area (Å²) in [6, 6.07) is 14.2. The molecule has 1 aliphatic heterocycles. The van der Waals surface area contributed by atoms with E-state index in [1.165, 1.54) is 18.4 Å². The number of likely N-dealkylation sites (tertiary alicyclic amines) is 1. The number of hydrogen-bond acceptors (Lipinski definition) is 5. The second-order valence-electron chi connectivity index (χ2n) is 5.92. The van der Waals surface area contributed by atoms with E-state index >= 15 is 0 Å². The summed E-state index contributed by atoms with van der Waals surface area (Å²) < 4.78 is 5.26. The number of nitriles is 1. The van der Waals surface area contributed by atoms with E-state index in [2.05, 4.69) is 33.4 Å². The van der Waals surface area contributed by atoms with Gasteiger partial charge in [-0.2, -0.15) is 5.26 Å². The Morgan fingerprint density at radius 2 is 2.00 bits per heavy atom. The van der Waals surface area contributed by atoms with Crippen LogP contribution in [0.25, 0.3) is 0 Å². The maximum Gasteiger partial charge on any atom is 0.143 e. The lowest BCUT2D eigenvalue weighted by Gasteiger charge is -2.28. The fourth-order valence-corrected chi connectivity index (χ4v) is 3.17. The summed E-state index contributed by atoms with van der Waals surface area (Å²) in [6.45, 7) is 2.93. The van der Waals surface area contributed by atoms with Gasteiger partial charge < -0.3 is 10.1 Å². The predicted octanol–water partition coefficient (Wildman–Crippen LogP) is 3.21. The summed E-state index contributed by atoms with van der Waals surface area (Å²) in [4.78, 5) is 6.79. The highest BCUT2D eigenvalue weighted by atomic mass is 16.5. The highest BCUT2D eigenvalue weighted by Crippen LogP contribution is 2.27. The minimum absolute atomic E-state index is 0.256. The summed E-state index contributed by atoms with van der Waals surface area (Å²) in [6.07, 6.45) is 4.18. The molecule has 124 valence electrons. The van der Waals surface area contributed by atoms with Gasteiger partial charge in [-0.05, 0) is 55.8 Å². The largest absolute Gasteiger partial charge is 0.497 e. The van der Waals surface area contributed by atoms with Crippen LogP contribution in [-0.2, 0) is 0 Å². The van der Waals surface area contributed by atoms with Gasteiger partial charge in [-0.3, -0.25) is 4.90 Å². The number of nitrogens with zero attached hydrogens (tertiary/aromatic N) is 3. The normalized spacial score (nSPS) is 15.7. The number of rotatable bonds is 6. The van der Waals surface area contributed by atoms with Crippen molar-refractivity contribution < 1.29 is 4.74 Å². The number of aromatic nitrogens is 1. The summed E-state index contributed by atoms with van der Waals surface area (Å²) in [7, 11) is 1.68. The van der Waals surface area contributed by atoms with E-state index in [0.717, 1.165) is 25.4 Å². The molecule has 1 aromatic heterocycles. The van der Waals surface area contributed by atoms with Crippen LogP contribution in [0.1, 0.15) is 30.0 Å². The molecule has 0 bridgehead atoms. The van der Waals surface area contributed by atoms with Crippen LogP contribution < -0.4 is 10.1 Å². The molecule has 0 amide bonds. The molecule has 1 atom stereocenters. The second kappa shape index (κ2) is 7.80. The number of benzene rings is 1. The van der Waals surface area contributed by atoms with Gasteiger partial charge in [-0.1, -0.05) is 12.1 Å². The smallest absolute Gasteiger partial charge is 0.143 e. The third-order valence-corrected chi connectivity index (χ3v) is 4.47. The summed E-state index contributed by atoms with van der Waals surface area (Å²) in [5.74, 6) is 1.51. The molecule has 1 fully saturated rings. The Morgan fingerprint density at radius 1 is 1.25 bits per heavy atom. The molecule has 0 saturated carbocycles. The highest BCUT2D eigenvalue weighted by Gasteiger charge is 2.23. The van der Waals surface area contributed by atoms with Gasteiger partial charge in [0.25, 0.3) is 0 Å². The molecule has 1 unspecified atom stereocenters. The molecular weight excluding hydrogens is 300 g/mol. The van der Waals surface area contributed by atoms with Crippen molar-refractivity contribution in [3.8, 4) is 11.8 Å². The average Bonchev–Trinajstić information content (AvgIpc) is 3.17. The fraction of sp³-hybridized carbons (Fsp3) is 0.368. The van der Waals surface area contributed by atoms with E-state index in [0.29, 0.717) is 11.4 Å². The maximum absolute atomic E-state index is 9.22. The molecule has 1 aliphatic rings. The van der Waals surface area contributed by atoms with Crippen LogP contribution in [0, 0.1) is 11.3 Å². The molecular formula is C19H22N4O. The third kappa shape index (κ3) is 3.66. The van der Waals surface area contributed by atoms with Gasteiger partial charge in [0.15, 0.2) is 0 Å². The summed E-state index contributed by atoms with van der Waals surface area (Å²) in [5.41, 5.74) is 1.83. The minimum Gasteiger partial charge on any atom is -0.497 e. The van der Waals surface area contributed by atoms with Crippen molar-refractivity contribution in [2.24, 2.45) is 0 Å². The Balaban J connectivity index is 1.78. The Morgan fingerprint density at radius 3 is 2.67 bits per heavy atom. The van der Waals surface area contributed by atoms with Crippen LogP contribution >= 0.6 is 0 Å². The van der Waals surface area contributed by atoms with Crippen LogP contribution in [0.15, 0.2) is 42.6 Å². The molecule has 1 N–H and O–H groups in total. The quantitative estimate of drug-likeness (QED) is 0.885. The van der Waals surface area contributed by atoms with Crippen molar-refractivity contribution in [2.45, 2.75) is 18.9 Å². The van der Waals surface area contributed by atoms with E-state index < -0.39 is 0 Å². The van der Waals surface area contributed by atoms with Crippen molar-refractivity contribution in [2.75, 3.05) is 32.1 Å². The lowest BCUT2D eigenvalue weighted by Crippen LogP contribution is -2.31. The minimum atomic E-state index is 0.256. The monoisotopic (exact) mass is 322 g/mol. The molecule has 0 spiro atoms. The highest BCUT2D eigenvalue weighted by molar-refractivity contribution is 5.51. The van der Waals surface area contributed by atoms with Crippen molar-refractivity contribution >= 4 is 5.82 Å². The standard InChI is InChI=1S/C19H22N4O/c1-24-17-8-6-15(7-9-17)18(23-11-2-3-12-23)14-22-19-16(13-20)5-4-10-21-19/h4-10,18H,2-3,11-12,14H2,1H3,(H,21,22). The van der Waals surface area contributed by atoms with Gasteiger partial charge >= 0.3 is 0 Å². The first-order valence-electron chi connectivity index (χ1n) is 8.29. The average molecular weight is 322 g/mol. The lowest BCUT2D eigenvalue weighted by atomic mass is 10.1. The Labute approximate surface area is 142 Å². The zero-order valence-electron chi connectivity index (χ0n) is 13.9. The third-order valence-electron chi connectivity index (χ3n) is 4.47. The Hall–Kier alpha value is -2.58. The molecule has 1 saturated heterocycles. The van der Waals surface area contributed by atoms with Gasteiger partial charge in [0, 0.05) is 12.7 Å². The van der Waals surface area contributed by atoms with E-state index in [4.69, 9.17) is 4.74 Å². The zero-order valence-corrected chi connectivity index (χ0v) is 13.9. The second-order valence-corrected chi connectivity index (χ2v) is 5.92. The number of pyridine rings is 1. The van der Waals surface area contributed by atoms with Crippen molar-refractivity contribution in [3.63, 3.8) is 0 Å². The first-order valence-corrected chi connectivity index (χ1v) is 8.29. The number of nitrogens with one attached hydrogen (secondary N) is 1. The number of anilines is 1. The van der Waals surface area contributed by atoms with Crippen LogP contribution in [0.5, 0.6) is 5.75 Å². The lowest BCUT2D eigenvalue weighted by molar-refractivity contribution is 0.255. The molecule has 5 heteroatoms. The zero-order chi connectivity index (χ0) is 16.8. The number of hydrogen-bond donors (Lipinski definition) is 1. The van der Waals surface area contributed by atoms with Crippen molar-refractivity contribution in [3.05, 3.63) is 53.7 Å². The first kappa shape index (κ1) is 16.3. The molecule has 3 rings (SSSR count). The predicted molar refractivity (Wildman–Crippen MR) is 94.0 cm³/mol. The van der Waals surface area contributed by atoms with E-state index in [1.54, 1.807) is 25.4 Å². The first-order chi connectivity index (χ1) is 11.8. The summed E-state index contributed by atoms with van der Waals surface area (Å²) >= 11 is 0. The van der Waals surface area contributed by atoms with Crippen LogP contribution in [-0.4, -0.2) is 36.6 Å². The molecule has 2 aromatic rings. The van der Waals surface area contributed by atoms with Crippen LogP contribution in [0.2, 0.25) is 0 Å². The van der Waals surface area contributed by atoms with E-state index in [1.807, 2.05) is 12.1 Å². The van der Waals surface area contributed by atoms with E-state index in [-0.39, 0.29) is 6.04 Å². The molecule has 2 heterocycles. The topological polar surface area (TPSA) is 61.2 Å². The summed E-state index contributed by atoms with van der Waals surface area (Å²) in [5, 5.41) is 12.6. The van der Waals surface area contributed by atoms with Crippen molar-refractivity contribution in [1.29, 1.82) is 5.26 Å². The van der Waals surface area contributed by atoms with Gasteiger partial charge in [0.05, 0.1) is 18.7 Å². The van der Waals surface area contributed by atoms with Crippen LogP contribution in [0.4, 0.5) is 5.82 Å². The molecule has 1 aromatic carbocycles. The molecule has 24 heavy (non-hydrogen) atoms. The molecule has 0 radical (unpaired) electrons. The number of ether oxygens (including phenoxy) is 1. The molecule has 0 aliphatic carbocycles. The Kier molecular flexibility index (Phi) is 5.29. The Bertz CT molecular complexity index is 702. The van der Waals surface area contributed by atoms with Gasteiger partial charge in [0.2, 0.25) is 0 Å². The van der Waals surface area contributed by atoms with Gasteiger partial charge in [-0.25, -0.2) is 4.98 Å². The number of methoxy groups -OCH3 is 1. The fourth-order valence-electron chi connectivity index (χ4n) is 3.17. The van der Waals surface area contributed by atoms with Crippen LogP contribution in [0.3, 0.4) is 0 Å².